The lowest BCUT2D eigenvalue weighted by molar-refractivity contribution is 0.173. The molecule has 0 unspecified atom stereocenters. The summed E-state index contributed by atoms with van der Waals surface area (Å²) in [5.74, 6) is 0.997. The number of nitrogens with zero attached hydrogens (tertiary/aromatic N) is 1. The zero-order valence-corrected chi connectivity index (χ0v) is 19.1. The molecule has 1 saturated heterocycles. The number of benzene rings is 1. The summed E-state index contributed by atoms with van der Waals surface area (Å²) in [4.78, 5) is 14.6. The summed E-state index contributed by atoms with van der Waals surface area (Å²) in [6.07, 6.45) is 1.18. The molecule has 1 aliphatic heterocycles. The summed E-state index contributed by atoms with van der Waals surface area (Å²) in [6, 6.07) is 10.6. The fraction of sp³-hybridized carbons (Fsp3) is 0.476. The molecule has 1 aliphatic rings. The van der Waals surface area contributed by atoms with E-state index in [-0.39, 0.29) is 24.0 Å². The fourth-order valence-corrected chi connectivity index (χ4v) is 5.88. The molecular weight excluding hydrogens is 422 g/mol. The molecule has 30 heavy (non-hydrogen) atoms. The first-order chi connectivity index (χ1) is 14.3. The zero-order chi connectivity index (χ0) is 21.7. The van der Waals surface area contributed by atoms with Crippen molar-refractivity contribution in [1.82, 2.24) is 14.9 Å². The molecular formula is C21H29N3O4S2. The SMILES string of the molecule is COc1ccc([C@@H](NC(=O)N2CCC(NS(=O)(=O)c3cccs3)CC2)C(C)C)cc1. The van der Waals surface area contributed by atoms with Crippen LogP contribution in [-0.2, 0) is 10.0 Å². The number of amides is 2. The lowest BCUT2D eigenvalue weighted by atomic mass is 9.96. The first kappa shape index (κ1) is 22.6. The highest BCUT2D eigenvalue weighted by atomic mass is 32.2. The van der Waals surface area contributed by atoms with E-state index in [2.05, 4.69) is 23.9 Å². The van der Waals surface area contributed by atoms with E-state index in [1.54, 1.807) is 29.5 Å². The Kier molecular flexibility index (Phi) is 7.38. The second-order valence-electron chi connectivity index (χ2n) is 7.76. The Morgan fingerprint density at radius 3 is 2.37 bits per heavy atom. The van der Waals surface area contributed by atoms with Crippen molar-refractivity contribution in [2.24, 2.45) is 5.92 Å². The number of urea groups is 1. The van der Waals surface area contributed by atoms with Crippen molar-refractivity contribution in [2.75, 3.05) is 20.2 Å². The van der Waals surface area contributed by atoms with E-state index in [0.29, 0.717) is 30.1 Å². The van der Waals surface area contributed by atoms with Gasteiger partial charge in [0.2, 0.25) is 10.0 Å². The molecule has 0 saturated carbocycles. The van der Waals surface area contributed by atoms with E-state index in [4.69, 9.17) is 4.74 Å². The molecule has 9 heteroatoms. The predicted octanol–water partition coefficient (Wildman–Crippen LogP) is 3.61. The van der Waals surface area contributed by atoms with Crippen LogP contribution < -0.4 is 14.8 Å². The smallest absolute Gasteiger partial charge is 0.317 e. The maximum absolute atomic E-state index is 12.8. The normalized spacial score (nSPS) is 16.5. The van der Waals surface area contributed by atoms with Gasteiger partial charge in [0.1, 0.15) is 9.96 Å². The highest BCUT2D eigenvalue weighted by Crippen LogP contribution is 2.25. The van der Waals surface area contributed by atoms with Crippen LogP contribution in [0.25, 0.3) is 0 Å². The summed E-state index contributed by atoms with van der Waals surface area (Å²) < 4.78 is 33.1. The maximum atomic E-state index is 12.8. The highest BCUT2D eigenvalue weighted by Gasteiger charge is 2.28. The van der Waals surface area contributed by atoms with Gasteiger partial charge < -0.3 is 15.0 Å². The zero-order valence-electron chi connectivity index (χ0n) is 17.5. The summed E-state index contributed by atoms with van der Waals surface area (Å²) >= 11 is 1.20. The van der Waals surface area contributed by atoms with Crippen molar-refractivity contribution < 1.29 is 17.9 Å². The standard InChI is InChI=1S/C21H29N3O4S2/c1-15(2)20(16-6-8-18(28-3)9-7-16)22-21(25)24-12-10-17(11-13-24)23-30(26,27)19-5-4-14-29-19/h4-9,14-15,17,20,23H,10-13H2,1-3H3,(H,22,25)/t20-/m0/s1. The van der Waals surface area contributed by atoms with Crippen molar-refractivity contribution in [3.8, 4) is 5.75 Å². The largest absolute Gasteiger partial charge is 0.497 e. The average molecular weight is 452 g/mol. The number of methoxy groups -OCH3 is 1. The van der Waals surface area contributed by atoms with Gasteiger partial charge in [-0.15, -0.1) is 11.3 Å². The summed E-state index contributed by atoms with van der Waals surface area (Å²) in [5, 5.41) is 4.88. The lowest BCUT2D eigenvalue weighted by Gasteiger charge is -2.34. The predicted molar refractivity (Wildman–Crippen MR) is 118 cm³/mol. The van der Waals surface area contributed by atoms with Gasteiger partial charge in [-0.2, -0.15) is 0 Å². The van der Waals surface area contributed by atoms with E-state index in [0.717, 1.165) is 11.3 Å². The first-order valence-electron chi connectivity index (χ1n) is 10.1. The van der Waals surface area contributed by atoms with Gasteiger partial charge in [0.15, 0.2) is 0 Å². The minimum atomic E-state index is -3.49. The van der Waals surface area contributed by atoms with Crippen molar-refractivity contribution in [3.63, 3.8) is 0 Å². The highest BCUT2D eigenvalue weighted by molar-refractivity contribution is 7.91. The summed E-state index contributed by atoms with van der Waals surface area (Å²) in [7, 11) is -1.86. The van der Waals surface area contributed by atoms with Gasteiger partial charge in [-0.3, -0.25) is 0 Å². The molecule has 3 rings (SSSR count). The molecule has 1 fully saturated rings. The van der Waals surface area contributed by atoms with Gasteiger partial charge in [-0.05, 0) is 47.9 Å². The number of ether oxygens (including phenoxy) is 1. The van der Waals surface area contributed by atoms with Crippen molar-refractivity contribution in [3.05, 3.63) is 47.3 Å². The van der Waals surface area contributed by atoms with Gasteiger partial charge in [-0.25, -0.2) is 17.9 Å². The number of rotatable bonds is 7. The molecule has 1 atom stereocenters. The number of hydrogen-bond donors (Lipinski definition) is 2. The Morgan fingerprint density at radius 1 is 1.17 bits per heavy atom. The molecule has 2 N–H and O–H groups in total. The van der Waals surface area contributed by atoms with Gasteiger partial charge >= 0.3 is 6.03 Å². The van der Waals surface area contributed by atoms with E-state index in [1.165, 1.54) is 11.3 Å². The Hall–Kier alpha value is -2.10. The Labute approximate surface area is 182 Å². The minimum absolute atomic E-state index is 0.113. The summed E-state index contributed by atoms with van der Waals surface area (Å²) in [5.41, 5.74) is 1.03. The number of sulfonamides is 1. The molecule has 1 aromatic heterocycles. The van der Waals surface area contributed by atoms with Crippen molar-refractivity contribution in [1.29, 1.82) is 0 Å². The number of hydrogen-bond acceptors (Lipinski definition) is 5. The molecule has 0 bridgehead atoms. The van der Waals surface area contributed by atoms with Gasteiger partial charge in [0.05, 0.1) is 13.2 Å². The molecule has 7 nitrogen and oxygen atoms in total. The molecule has 2 aromatic rings. The number of nitrogens with one attached hydrogen (secondary N) is 2. The number of likely N-dealkylation sites (tertiary alicyclic amines) is 1. The average Bonchev–Trinajstić information content (AvgIpc) is 3.28. The van der Waals surface area contributed by atoms with Crippen LogP contribution in [0.5, 0.6) is 5.75 Å². The molecule has 2 heterocycles. The van der Waals surface area contributed by atoms with Gasteiger partial charge in [0.25, 0.3) is 0 Å². The Morgan fingerprint density at radius 2 is 1.83 bits per heavy atom. The fourth-order valence-electron chi connectivity index (χ4n) is 3.56. The van der Waals surface area contributed by atoms with Crippen LogP contribution in [0, 0.1) is 5.92 Å². The van der Waals surface area contributed by atoms with Gasteiger partial charge in [-0.1, -0.05) is 32.0 Å². The second kappa shape index (κ2) is 9.80. The third-order valence-electron chi connectivity index (χ3n) is 5.28. The van der Waals surface area contributed by atoms with Crippen LogP contribution in [0.1, 0.15) is 38.3 Å². The second-order valence-corrected chi connectivity index (χ2v) is 10.6. The van der Waals surface area contributed by atoms with Crippen LogP contribution >= 0.6 is 11.3 Å². The maximum Gasteiger partial charge on any atom is 0.317 e. The van der Waals surface area contributed by atoms with Crippen LogP contribution in [0.2, 0.25) is 0 Å². The summed E-state index contributed by atoms with van der Waals surface area (Å²) in [6.45, 7) is 5.16. The Bertz CT molecular complexity index is 920. The third kappa shape index (κ3) is 5.53. The van der Waals surface area contributed by atoms with Crippen LogP contribution in [0.3, 0.4) is 0 Å². The molecule has 0 aliphatic carbocycles. The van der Waals surface area contributed by atoms with Crippen molar-refractivity contribution in [2.45, 2.75) is 43.0 Å². The van der Waals surface area contributed by atoms with E-state index in [9.17, 15) is 13.2 Å². The van der Waals surface area contributed by atoms with Gasteiger partial charge in [0, 0.05) is 19.1 Å². The van der Waals surface area contributed by atoms with E-state index in [1.807, 2.05) is 24.3 Å². The number of thiophene rings is 1. The quantitative estimate of drug-likeness (QED) is 0.673. The number of carbonyl (C=O) groups is 1. The first-order valence-corrected chi connectivity index (χ1v) is 12.4. The van der Waals surface area contributed by atoms with Crippen LogP contribution in [-0.4, -0.2) is 45.6 Å². The van der Waals surface area contributed by atoms with Crippen molar-refractivity contribution >= 4 is 27.4 Å². The van der Waals surface area contributed by atoms with Crippen LogP contribution in [0.4, 0.5) is 4.79 Å². The monoisotopic (exact) mass is 451 g/mol. The third-order valence-corrected chi connectivity index (χ3v) is 8.20. The Balaban J connectivity index is 1.56. The van der Waals surface area contributed by atoms with E-state index >= 15 is 0 Å². The minimum Gasteiger partial charge on any atom is -0.497 e. The van der Waals surface area contributed by atoms with E-state index < -0.39 is 10.0 Å². The molecule has 2 amide bonds. The topological polar surface area (TPSA) is 87.7 Å². The number of carbonyl (C=O) groups excluding carboxylic acids is 1. The number of piperidine rings is 1. The molecule has 164 valence electrons. The molecule has 0 spiro atoms. The molecule has 1 aromatic carbocycles. The lowest BCUT2D eigenvalue weighted by Crippen LogP contribution is -2.50. The molecule has 0 radical (unpaired) electrons. The van der Waals surface area contributed by atoms with Crippen LogP contribution in [0.15, 0.2) is 46.0 Å².